The van der Waals surface area contributed by atoms with Gasteiger partial charge < -0.3 is 15.0 Å². The maximum absolute atomic E-state index is 13.5. The number of anilines is 1. The van der Waals surface area contributed by atoms with E-state index in [1.165, 1.54) is 29.7 Å². The first-order valence-electron chi connectivity index (χ1n) is 9.35. The molecule has 0 bridgehead atoms. The van der Waals surface area contributed by atoms with Crippen LogP contribution in [0, 0.1) is 44.3 Å². The van der Waals surface area contributed by atoms with E-state index in [-0.39, 0.29) is 23.5 Å². The minimum atomic E-state index is -1.13. The number of hydrogen-bond acceptors (Lipinski definition) is 4. The number of benzene rings is 1. The zero-order chi connectivity index (χ0) is 22.8. The van der Waals surface area contributed by atoms with Gasteiger partial charge >= 0.3 is 0 Å². The fourth-order valence-corrected chi connectivity index (χ4v) is 3.27. The summed E-state index contributed by atoms with van der Waals surface area (Å²) < 4.78 is 15.0. The van der Waals surface area contributed by atoms with Crippen molar-refractivity contribution in [2.24, 2.45) is 12.5 Å². The summed E-state index contributed by atoms with van der Waals surface area (Å²) in [5.74, 6) is -0.0139. The molecule has 1 amide bonds. The normalized spacial score (nSPS) is 12.7. The summed E-state index contributed by atoms with van der Waals surface area (Å²) in [7, 11) is 1.62. The van der Waals surface area contributed by atoms with E-state index in [1.54, 1.807) is 27.8 Å². The molecule has 0 spiro atoms. The van der Waals surface area contributed by atoms with Gasteiger partial charge in [-0.15, -0.1) is 6.42 Å². The lowest BCUT2D eigenvalue weighted by Crippen LogP contribution is -2.27. The van der Waals surface area contributed by atoms with E-state index in [0.717, 1.165) is 0 Å². The molecule has 2 N–H and O–H groups in total. The zero-order valence-corrected chi connectivity index (χ0v) is 17.7. The number of carbonyl (C=O) groups excluding carboxylic acids is 3. The first-order chi connectivity index (χ1) is 14.0. The number of ketones is 2. The first-order valence-corrected chi connectivity index (χ1v) is 9.35. The summed E-state index contributed by atoms with van der Waals surface area (Å²) in [6.07, 6.45) is 5.07. The van der Waals surface area contributed by atoms with Crippen LogP contribution >= 0.6 is 0 Å². The Hall–Kier alpha value is -3.24. The highest BCUT2D eigenvalue weighted by molar-refractivity contribution is 6.44. The molecule has 6 nitrogen and oxygen atoms in total. The third-order valence-electron chi connectivity index (χ3n) is 5.29. The smallest absolute Gasteiger partial charge is 0.272 e. The van der Waals surface area contributed by atoms with Crippen LogP contribution in [0.25, 0.3) is 0 Å². The Morgan fingerprint density at radius 2 is 1.90 bits per heavy atom. The Balaban J connectivity index is 2.37. The molecule has 0 saturated carbocycles. The summed E-state index contributed by atoms with van der Waals surface area (Å²) >= 11 is 0. The SMILES string of the molecule is C#CC(C)(CO)CC(=O)C(=O)c1c(C)c(C(=O)Nc2ccc(F)c(C)c2)n(C)c1C. The van der Waals surface area contributed by atoms with Crippen LogP contribution in [0.1, 0.15) is 51.0 Å². The highest BCUT2D eigenvalue weighted by Gasteiger charge is 2.32. The molecule has 7 heteroatoms. The van der Waals surface area contributed by atoms with Gasteiger partial charge in [0.1, 0.15) is 11.5 Å². The number of rotatable bonds is 7. The number of nitrogens with zero attached hydrogens (tertiary/aromatic N) is 1. The number of aliphatic hydroxyl groups is 1. The molecule has 0 radical (unpaired) electrons. The summed E-state index contributed by atoms with van der Waals surface area (Å²) in [6.45, 7) is 5.90. The van der Waals surface area contributed by atoms with Gasteiger partial charge in [0.2, 0.25) is 11.6 Å². The van der Waals surface area contributed by atoms with E-state index in [9.17, 15) is 23.9 Å². The average Bonchev–Trinajstić information content (AvgIpc) is 2.92. The Morgan fingerprint density at radius 3 is 2.43 bits per heavy atom. The zero-order valence-electron chi connectivity index (χ0n) is 17.7. The third-order valence-corrected chi connectivity index (χ3v) is 5.29. The fourth-order valence-electron chi connectivity index (χ4n) is 3.27. The van der Waals surface area contributed by atoms with Crippen molar-refractivity contribution >= 4 is 23.2 Å². The molecule has 1 unspecified atom stereocenters. The largest absolute Gasteiger partial charge is 0.395 e. The van der Waals surface area contributed by atoms with Gasteiger partial charge in [0.15, 0.2) is 0 Å². The van der Waals surface area contributed by atoms with E-state index in [2.05, 4.69) is 11.2 Å². The number of Topliss-reactive ketones (excluding diaryl/α,β-unsaturated/α-hetero) is 2. The molecule has 0 fully saturated rings. The Kier molecular flexibility index (Phi) is 6.63. The highest BCUT2D eigenvalue weighted by Crippen LogP contribution is 2.26. The van der Waals surface area contributed by atoms with Crippen molar-refractivity contribution in [2.45, 2.75) is 34.1 Å². The van der Waals surface area contributed by atoms with Crippen molar-refractivity contribution in [3.63, 3.8) is 0 Å². The van der Waals surface area contributed by atoms with Gasteiger partial charge in [0, 0.05) is 24.8 Å². The molecular weight excluding hydrogens is 387 g/mol. The molecule has 2 aromatic rings. The quantitative estimate of drug-likeness (QED) is 0.416. The van der Waals surface area contributed by atoms with E-state index in [4.69, 9.17) is 6.42 Å². The molecule has 1 aromatic heterocycles. The Bertz CT molecular complexity index is 1080. The average molecular weight is 412 g/mol. The lowest BCUT2D eigenvalue weighted by molar-refractivity contribution is -0.116. The standard InChI is InChI=1S/C23H25FN2O4/c1-7-23(5,12-27)11-18(28)21(29)19-14(3)20(26(6)15(19)4)22(30)25-16-8-9-17(24)13(2)10-16/h1,8-10,27H,11-12H2,2-6H3,(H,25,30). The van der Waals surface area contributed by atoms with E-state index >= 15 is 0 Å². The number of aryl methyl sites for hydroxylation is 1. The van der Waals surface area contributed by atoms with Gasteiger partial charge in [-0.25, -0.2) is 4.39 Å². The van der Waals surface area contributed by atoms with Crippen LogP contribution in [0.2, 0.25) is 0 Å². The van der Waals surface area contributed by atoms with Crippen LogP contribution in [-0.2, 0) is 11.8 Å². The number of nitrogens with one attached hydrogen (secondary N) is 1. The van der Waals surface area contributed by atoms with Gasteiger partial charge in [-0.1, -0.05) is 5.92 Å². The Labute approximate surface area is 175 Å². The highest BCUT2D eigenvalue weighted by atomic mass is 19.1. The lowest BCUT2D eigenvalue weighted by atomic mass is 9.84. The molecule has 0 aliphatic carbocycles. The molecule has 1 atom stereocenters. The molecule has 0 aliphatic heterocycles. The molecule has 0 aliphatic rings. The van der Waals surface area contributed by atoms with Crippen molar-refractivity contribution in [3.8, 4) is 12.3 Å². The van der Waals surface area contributed by atoms with Crippen LogP contribution in [0.3, 0.4) is 0 Å². The van der Waals surface area contributed by atoms with Gasteiger partial charge in [0.05, 0.1) is 17.6 Å². The van der Waals surface area contributed by atoms with Crippen molar-refractivity contribution in [3.05, 3.63) is 52.1 Å². The topological polar surface area (TPSA) is 88.4 Å². The van der Waals surface area contributed by atoms with Gasteiger partial charge in [-0.05, 0) is 57.0 Å². The Morgan fingerprint density at radius 1 is 1.27 bits per heavy atom. The predicted molar refractivity (Wildman–Crippen MR) is 112 cm³/mol. The van der Waals surface area contributed by atoms with Crippen LogP contribution in [0.15, 0.2) is 18.2 Å². The summed E-state index contributed by atoms with van der Waals surface area (Å²) in [6, 6.07) is 4.20. The van der Waals surface area contributed by atoms with Crippen molar-refractivity contribution in [1.29, 1.82) is 0 Å². The maximum Gasteiger partial charge on any atom is 0.272 e. The second-order valence-corrected chi connectivity index (χ2v) is 7.70. The molecule has 2 rings (SSSR count). The van der Waals surface area contributed by atoms with Gasteiger partial charge in [-0.3, -0.25) is 14.4 Å². The summed E-state index contributed by atoms with van der Waals surface area (Å²) in [5, 5.41) is 12.1. The second kappa shape index (κ2) is 8.64. The maximum atomic E-state index is 13.5. The predicted octanol–water partition coefficient (Wildman–Crippen LogP) is 3.12. The number of amides is 1. The summed E-state index contributed by atoms with van der Waals surface area (Å²) in [4.78, 5) is 38.2. The molecule has 30 heavy (non-hydrogen) atoms. The second-order valence-electron chi connectivity index (χ2n) is 7.70. The van der Waals surface area contributed by atoms with Crippen molar-refractivity contribution < 1.29 is 23.9 Å². The number of hydrogen-bond donors (Lipinski definition) is 2. The third kappa shape index (κ3) is 4.34. The van der Waals surface area contributed by atoms with Crippen molar-refractivity contribution in [1.82, 2.24) is 4.57 Å². The lowest BCUT2D eigenvalue weighted by Gasteiger charge is -2.18. The number of aromatic nitrogens is 1. The van der Waals surface area contributed by atoms with E-state index < -0.39 is 29.5 Å². The molecular formula is C23H25FN2O4. The van der Waals surface area contributed by atoms with Crippen molar-refractivity contribution in [2.75, 3.05) is 11.9 Å². The van der Waals surface area contributed by atoms with Gasteiger partial charge in [0.25, 0.3) is 5.91 Å². The number of terminal acetylenes is 1. The van der Waals surface area contributed by atoms with E-state index in [0.29, 0.717) is 22.5 Å². The van der Waals surface area contributed by atoms with Crippen LogP contribution < -0.4 is 5.32 Å². The van der Waals surface area contributed by atoms with Crippen LogP contribution in [0.5, 0.6) is 0 Å². The number of halogens is 1. The minimum Gasteiger partial charge on any atom is -0.395 e. The minimum absolute atomic E-state index is 0.139. The van der Waals surface area contributed by atoms with Gasteiger partial charge in [-0.2, -0.15) is 0 Å². The number of carbonyl (C=O) groups is 3. The first kappa shape index (κ1) is 23.0. The number of aliphatic hydroxyl groups excluding tert-OH is 1. The molecule has 1 aromatic carbocycles. The monoisotopic (exact) mass is 412 g/mol. The molecule has 0 saturated heterocycles. The van der Waals surface area contributed by atoms with Crippen LogP contribution in [0.4, 0.5) is 10.1 Å². The molecule has 1 heterocycles. The fraction of sp³-hybridized carbons (Fsp3) is 0.348. The van der Waals surface area contributed by atoms with E-state index in [1.807, 2.05) is 0 Å². The molecule has 158 valence electrons. The summed E-state index contributed by atoms with van der Waals surface area (Å²) in [5.41, 5.74) is 0.828. The van der Waals surface area contributed by atoms with Crippen LogP contribution in [-0.4, -0.2) is 33.8 Å².